The van der Waals surface area contributed by atoms with E-state index in [9.17, 15) is 14.0 Å². The molecule has 2 N–H and O–H groups in total. The van der Waals surface area contributed by atoms with Gasteiger partial charge < -0.3 is 15.4 Å². The molecule has 0 saturated heterocycles. The smallest absolute Gasteiger partial charge is 0.260 e. The summed E-state index contributed by atoms with van der Waals surface area (Å²) in [5.41, 5.74) is 6.12. The number of carbonyl (C=O) groups is 2. The minimum Gasteiger partial charge on any atom is -0.483 e. The molecule has 0 heterocycles. The Morgan fingerprint density at radius 3 is 2.52 bits per heavy atom. The number of ether oxygens (including phenoxy) is 1. The topological polar surface area (TPSA) is 72.6 Å². The predicted molar refractivity (Wildman–Crippen MR) is 95.3 cm³/mol. The van der Waals surface area contributed by atoms with Gasteiger partial charge in [-0.2, -0.15) is 0 Å². The minimum absolute atomic E-state index is 0.0683. The van der Waals surface area contributed by atoms with Crippen LogP contribution in [0.4, 0.5) is 4.39 Å². The lowest BCUT2D eigenvalue weighted by atomic mass is 10.2. The molecule has 7 heteroatoms. The summed E-state index contributed by atoms with van der Waals surface area (Å²) < 4.78 is 19.0. The Bertz CT molecular complexity index is 740. The first-order chi connectivity index (χ1) is 12.0. The van der Waals surface area contributed by atoms with Gasteiger partial charge in [0.1, 0.15) is 11.6 Å². The number of carbonyl (C=O) groups excluding carboxylic acids is 2. The maximum atomic E-state index is 13.1. The van der Waals surface area contributed by atoms with Crippen molar-refractivity contribution in [3.05, 3.63) is 64.4 Å². The normalized spacial score (nSPS) is 10.3. The summed E-state index contributed by atoms with van der Waals surface area (Å²) >= 11 is 3.19. The second-order valence-corrected chi connectivity index (χ2v) is 6.23. The Balaban J connectivity index is 2.02. The lowest BCUT2D eigenvalue weighted by Gasteiger charge is -2.22. The van der Waals surface area contributed by atoms with Crippen LogP contribution in [0.25, 0.3) is 0 Å². The lowest BCUT2D eigenvalue weighted by Crippen LogP contribution is -2.36. The number of halogens is 2. The van der Waals surface area contributed by atoms with E-state index >= 15 is 0 Å². The van der Waals surface area contributed by atoms with Gasteiger partial charge in [-0.3, -0.25) is 9.59 Å². The van der Waals surface area contributed by atoms with E-state index in [1.54, 1.807) is 0 Å². The summed E-state index contributed by atoms with van der Waals surface area (Å²) in [4.78, 5) is 25.0. The second-order valence-electron chi connectivity index (χ2n) is 5.38. The standard InChI is InChI=1S/C18H18BrFN2O3/c19-15-10-14(20)6-7-16(15)25-12-18(24)22(9-8-17(21)23)11-13-4-2-1-3-5-13/h1-7,10H,8-9,11-12H2,(H2,21,23). The fourth-order valence-electron chi connectivity index (χ4n) is 2.16. The lowest BCUT2D eigenvalue weighted by molar-refractivity contribution is -0.134. The monoisotopic (exact) mass is 408 g/mol. The third kappa shape index (κ3) is 6.19. The fourth-order valence-corrected chi connectivity index (χ4v) is 2.63. The van der Waals surface area contributed by atoms with Crippen LogP contribution in [0.3, 0.4) is 0 Å². The molecule has 0 radical (unpaired) electrons. The molecular formula is C18H18BrFN2O3. The first-order valence-corrected chi connectivity index (χ1v) is 8.43. The first-order valence-electron chi connectivity index (χ1n) is 7.63. The molecule has 25 heavy (non-hydrogen) atoms. The molecule has 2 aromatic rings. The van der Waals surface area contributed by atoms with Gasteiger partial charge in [0, 0.05) is 19.5 Å². The number of hydrogen-bond acceptors (Lipinski definition) is 3. The summed E-state index contributed by atoms with van der Waals surface area (Å²) in [6.07, 6.45) is 0.0683. The molecule has 0 fully saturated rings. The highest BCUT2D eigenvalue weighted by atomic mass is 79.9. The number of nitrogens with two attached hydrogens (primary N) is 1. The quantitative estimate of drug-likeness (QED) is 0.729. The van der Waals surface area contributed by atoms with Crippen molar-refractivity contribution in [1.29, 1.82) is 0 Å². The molecule has 2 amide bonds. The average molecular weight is 409 g/mol. The van der Waals surface area contributed by atoms with Crippen LogP contribution in [0.15, 0.2) is 53.0 Å². The molecule has 0 unspecified atom stereocenters. The van der Waals surface area contributed by atoms with Gasteiger partial charge in [0.05, 0.1) is 4.47 Å². The first kappa shape index (κ1) is 18.9. The molecule has 0 aromatic heterocycles. The summed E-state index contributed by atoms with van der Waals surface area (Å²) in [6.45, 7) is 0.327. The van der Waals surface area contributed by atoms with E-state index in [1.807, 2.05) is 30.3 Å². The van der Waals surface area contributed by atoms with Gasteiger partial charge in [-0.25, -0.2) is 4.39 Å². The van der Waals surface area contributed by atoms with Crippen LogP contribution < -0.4 is 10.5 Å². The third-order valence-electron chi connectivity index (χ3n) is 3.44. The van der Waals surface area contributed by atoms with Crippen LogP contribution >= 0.6 is 15.9 Å². The zero-order valence-corrected chi connectivity index (χ0v) is 15.0. The molecular weight excluding hydrogens is 391 g/mol. The molecule has 0 atom stereocenters. The van der Waals surface area contributed by atoms with Crippen molar-refractivity contribution in [3.8, 4) is 5.75 Å². The molecule has 5 nitrogen and oxygen atoms in total. The third-order valence-corrected chi connectivity index (χ3v) is 4.06. The number of rotatable bonds is 8. The van der Waals surface area contributed by atoms with Crippen molar-refractivity contribution in [2.24, 2.45) is 5.73 Å². The van der Waals surface area contributed by atoms with E-state index in [4.69, 9.17) is 10.5 Å². The SMILES string of the molecule is NC(=O)CCN(Cc1ccccc1)C(=O)COc1ccc(F)cc1Br. The van der Waals surface area contributed by atoms with Gasteiger partial charge in [-0.05, 0) is 39.7 Å². The van der Waals surface area contributed by atoms with Crippen molar-refractivity contribution in [3.63, 3.8) is 0 Å². The van der Waals surface area contributed by atoms with Crippen LogP contribution in [0.1, 0.15) is 12.0 Å². The molecule has 2 aromatic carbocycles. The maximum Gasteiger partial charge on any atom is 0.260 e. The van der Waals surface area contributed by atoms with Gasteiger partial charge >= 0.3 is 0 Å². The highest BCUT2D eigenvalue weighted by molar-refractivity contribution is 9.10. The summed E-state index contributed by atoms with van der Waals surface area (Å²) in [6, 6.07) is 13.4. The van der Waals surface area contributed by atoms with Crippen LogP contribution in [0, 0.1) is 5.82 Å². The number of hydrogen-bond donors (Lipinski definition) is 1. The highest BCUT2D eigenvalue weighted by Crippen LogP contribution is 2.25. The summed E-state index contributed by atoms with van der Waals surface area (Å²) in [7, 11) is 0. The van der Waals surface area contributed by atoms with E-state index < -0.39 is 11.7 Å². The molecule has 0 saturated carbocycles. The van der Waals surface area contributed by atoms with Crippen molar-refractivity contribution in [1.82, 2.24) is 4.90 Å². The summed E-state index contributed by atoms with van der Waals surface area (Å²) in [5, 5.41) is 0. The van der Waals surface area contributed by atoms with Gasteiger partial charge in [0.25, 0.3) is 5.91 Å². The van der Waals surface area contributed by atoms with Crippen LogP contribution in [0.5, 0.6) is 5.75 Å². The zero-order chi connectivity index (χ0) is 18.2. The maximum absolute atomic E-state index is 13.1. The van der Waals surface area contributed by atoms with E-state index in [0.717, 1.165) is 5.56 Å². The Morgan fingerprint density at radius 2 is 1.88 bits per heavy atom. The van der Waals surface area contributed by atoms with Crippen molar-refractivity contribution >= 4 is 27.7 Å². The van der Waals surface area contributed by atoms with Gasteiger partial charge in [0.15, 0.2) is 6.61 Å². The molecule has 2 rings (SSSR count). The average Bonchev–Trinajstić information content (AvgIpc) is 2.58. The Morgan fingerprint density at radius 1 is 1.16 bits per heavy atom. The van der Waals surface area contributed by atoms with Crippen LogP contribution in [0.2, 0.25) is 0 Å². The Kier molecular flexibility index (Phi) is 6.94. The Hall–Kier alpha value is -2.41. The fraction of sp³-hybridized carbons (Fsp3) is 0.222. The molecule has 0 bridgehead atoms. The van der Waals surface area contributed by atoms with E-state index in [-0.39, 0.29) is 25.5 Å². The molecule has 0 aliphatic carbocycles. The van der Waals surface area contributed by atoms with Gasteiger partial charge in [-0.1, -0.05) is 30.3 Å². The Labute approximate surface area is 153 Å². The number of primary amides is 1. The van der Waals surface area contributed by atoms with E-state index in [1.165, 1.54) is 23.1 Å². The molecule has 0 aliphatic heterocycles. The number of nitrogens with zero attached hydrogens (tertiary/aromatic N) is 1. The van der Waals surface area contributed by atoms with Crippen LogP contribution in [-0.2, 0) is 16.1 Å². The van der Waals surface area contributed by atoms with Crippen molar-refractivity contribution < 1.29 is 18.7 Å². The van der Waals surface area contributed by atoms with E-state index in [2.05, 4.69) is 15.9 Å². The largest absolute Gasteiger partial charge is 0.483 e. The van der Waals surface area contributed by atoms with Gasteiger partial charge in [-0.15, -0.1) is 0 Å². The minimum atomic E-state index is -0.479. The highest BCUT2D eigenvalue weighted by Gasteiger charge is 2.16. The zero-order valence-electron chi connectivity index (χ0n) is 13.5. The van der Waals surface area contributed by atoms with Crippen LogP contribution in [-0.4, -0.2) is 29.9 Å². The molecule has 0 aliphatic rings. The van der Waals surface area contributed by atoms with Gasteiger partial charge in [0.2, 0.25) is 5.91 Å². The van der Waals surface area contributed by atoms with Crippen molar-refractivity contribution in [2.75, 3.05) is 13.2 Å². The van der Waals surface area contributed by atoms with Crippen molar-refractivity contribution in [2.45, 2.75) is 13.0 Å². The second kappa shape index (κ2) is 9.17. The summed E-state index contributed by atoms with van der Waals surface area (Å²) in [5.74, 6) is -0.809. The molecule has 132 valence electrons. The number of benzene rings is 2. The number of amides is 2. The predicted octanol–water partition coefficient (Wildman–Crippen LogP) is 2.87. The molecule has 0 spiro atoms. The van der Waals surface area contributed by atoms with E-state index in [0.29, 0.717) is 16.8 Å².